The van der Waals surface area contributed by atoms with E-state index in [2.05, 4.69) is 27.1 Å². The largest absolute Gasteiger partial charge is 0.497 e. The van der Waals surface area contributed by atoms with Crippen LogP contribution in [0.2, 0.25) is 0 Å². The first-order valence-corrected chi connectivity index (χ1v) is 11.3. The van der Waals surface area contributed by atoms with Crippen molar-refractivity contribution in [1.29, 1.82) is 0 Å². The van der Waals surface area contributed by atoms with Crippen molar-refractivity contribution >= 4 is 27.9 Å². The predicted molar refractivity (Wildman–Crippen MR) is 128 cm³/mol. The van der Waals surface area contributed by atoms with E-state index >= 15 is 0 Å². The lowest BCUT2D eigenvalue weighted by Crippen LogP contribution is -2.17. The Morgan fingerprint density at radius 2 is 1.84 bits per heavy atom. The number of methoxy groups -OCH3 is 1. The molecule has 3 aromatic carbocycles. The van der Waals surface area contributed by atoms with Crippen molar-refractivity contribution in [3.63, 3.8) is 0 Å². The molecule has 0 saturated heterocycles. The van der Waals surface area contributed by atoms with E-state index in [1.165, 1.54) is 12.1 Å². The molecule has 0 fully saturated rings. The van der Waals surface area contributed by atoms with E-state index in [1.807, 2.05) is 54.7 Å². The molecule has 160 valence electrons. The maximum absolute atomic E-state index is 13.6. The minimum Gasteiger partial charge on any atom is -0.497 e. The number of aryl methyl sites for hydroxylation is 1. The van der Waals surface area contributed by atoms with Crippen LogP contribution < -0.4 is 9.54 Å². The Bertz CT molecular complexity index is 1420. The number of rotatable bonds is 6. The second-order valence-corrected chi connectivity index (χ2v) is 8.32. The van der Waals surface area contributed by atoms with Crippen molar-refractivity contribution in [2.75, 3.05) is 7.11 Å². The zero-order valence-corrected chi connectivity index (χ0v) is 18.4. The molecule has 0 aliphatic heterocycles. The first kappa shape index (κ1) is 20.3. The van der Waals surface area contributed by atoms with E-state index in [0.717, 1.165) is 56.9 Å². The summed E-state index contributed by atoms with van der Waals surface area (Å²) in [4.78, 5) is 9.02. The van der Waals surface area contributed by atoms with Gasteiger partial charge in [0.2, 0.25) is 0 Å². The number of para-hydroxylation sites is 1. The molecule has 0 aliphatic carbocycles. The number of fused-ring (bicyclic) bond motifs is 1. The minimum atomic E-state index is -0.233. The Balaban J connectivity index is 1.54. The molecule has 0 saturated carbocycles. The van der Waals surface area contributed by atoms with Gasteiger partial charge in [-0.1, -0.05) is 18.2 Å². The quantitative estimate of drug-likeness (QED) is 0.328. The van der Waals surface area contributed by atoms with Gasteiger partial charge in [0.05, 0.1) is 18.5 Å². The molecule has 0 unspecified atom stereocenters. The number of benzene rings is 3. The van der Waals surface area contributed by atoms with Gasteiger partial charge in [0.25, 0.3) is 0 Å². The predicted octanol–water partition coefficient (Wildman–Crippen LogP) is 6.32. The van der Waals surface area contributed by atoms with Crippen LogP contribution in [0.1, 0.15) is 5.56 Å². The van der Waals surface area contributed by atoms with Gasteiger partial charge < -0.3 is 14.3 Å². The summed E-state index contributed by atoms with van der Waals surface area (Å²) in [5.41, 5.74) is 5.12. The summed E-state index contributed by atoms with van der Waals surface area (Å²) in [5.74, 6) is 0.597. The summed E-state index contributed by atoms with van der Waals surface area (Å²) >= 11 is 1.63. The second kappa shape index (κ2) is 8.85. The molecule has 4 nitrogen and oxygen atoms in total. The number of thiazole rings is 1. The molecule has 1 N–H and O–H groups in total. The van der Waals surface area contributed by atoms with Gasteiger partial charge in [-0.3, -0.25) is 0 Å². The van der Waals surface area contributed by atoms with E-state index in [1.54, 1.807) is 18.4 Å². The third-order valence-corrected chi connectivity index (χ3v) is 6.36. The van der Waals surface area contributed by atoms with E-state index in [4.69, 9.17) is 9.73 Å². The van der Waals surface area contributed by atoms with Crippen LogP contribution in [-0.4, -0.2) is 16.7 Å². The highest BCUT2D eigenvalue weighted by molar-refractivity contribution is 7.07. The average molecular weight is 444 g/mol. The molecule has 0 radical (unpaired) electrons. The molecular weight excluding hydrogens is 421 g/mol. The Morgan fingerprint density at radius 3 is 2.62 bits per heavy atom. The molecular formula is C26H22FN3OS. The van der Waals surface area contributed by atoms with Gasteiger partial charge in [-0.15, -0.1) is 11.3 Å². The third-order valence-electron chi connectivity index (χ3n) is 5.50. The molecule has 2 heterocycles. The molecule has 2 aromatic heterocycles. The van der Waals surface area contributed by atoms with Gasteiger partial charge >= 0.3 is 0 Å². The fraction of sp³-hybridized carbons (Fsp3) is 0.115. The number of nitrogens with one attached hydrogen (secondary N) is 1. The van der Waals surface area contributed by atoms with Crippen molar-refractivity contribution in [3.05, 3.63) is 101 Å². The molecule has 5 rings (SSSR count). The number of hydrogen-bond donors (Lipinski definition) is 1. The monoisotopic (exact) mass is 443 g/mol. The molecule has 0 bridgehead atoms. The Labute approximate surface area is 189 Å². The van der Waals surface area contributed by atoms with Gasteiger partial charge in [-0.25, -0.2) is 9.38 Å². The van der Waals surface area contributed by atoms with Gasteiger partial charge in [-0.05, 0) is 72.1 Å². The fourth-order valence-corrected chi connectivity index (χ4v) is 4.79. The SMILES string of the molecule is COc1ccc(-c2csc(=Nc3ccccc3)n2CCc2c[nH]c3cc(F)ccc23)cc1. The lowest BCUT2D eigenvalue weighted by molar-refractivity contribution is 0.415. The van der Waals surface area contributed by atoms with E-state index in [0.29, 0.717) is 0 Å². The van der Waals surface area contributed by atoms with Crippen LogP contribution in [0, 0.1) is 5.82 Å². The van der Waals surface area contributed by atoms with Crippen molar-refractivity contribution in [2.45, 2.75) is 13.0 Å². The molecule has 0 aliphatic rings. The molecule has 32 heavy (non-hydrogen) atoms. The summed E-state index contributed by atoms with van der Waals surface area (Å²) in [6, 6.07) is 23.0. The van der Waals surface area contributed by atoms with Crippen LogP contribution in [0.3, 0.4) is 0 Å². The average Bonchev–Trinajstić information content (AvgIpc) is 3.41. The van der Waals surface area contributed by atoms with Gasteiger partial charge in [0.15, 0.2) is 4.80 Å². The topological polar surface area (TPSA) is 42.3 Å². The molecule has 6 heteroatoms. The lowest BCUT2D eigenvalue weighted by Gasteiger charge is -2.10. The van der Waals surface area contributed by atoms with E-state index in [9.17, 15) is 4.39 Å². The molecule has 0 spiro atoms. The first-order chi connectivity index (χ1) is 15.7. The van der Waals surface area contributed by atoms with E-state index < -0.39 is 0 Å². The number of nitrogens with zero attached hydrogens (tertiary/aromatic N) is 2. The first-order valence-electron chi connectivity index (χ1n) is 10.4. The number of halogens is 1. The highest BCUT2D eigenvalue weighted by Crippen LogP contribution is 2.25. The number of ether oxygens (including phenoxy) is 1. The van der Waals surface area contributed by atoms with Crippen molar-refractivity contribution in [3.8, 4) is 17.0 Å². The molecule has 0 atom stereocenters. The summed E-state index contributed by atoms with van der Waals surface area (Å²) in [7, 11) is 1.67. The maximum atomic E-state index is 13.6. The van der Waals surface area contributed by atoms with Gasteiger partial charge in [0, 0.05) is 29.0 Å². The van der Waals surface area contributed by atoms with Crippen LogP contribution >= 0.6 is 11.3 Å². The number of hydrogen-bond acceptors (Lipinski definition) is 3. The van der Waals surface area contributed by atoms with Crippen LogP contribution in [-0.2, 0) is 13.0 Å². The van der Waals surface area contributed by atoms with Crippen LogP contribution in [0.4, 0.5) is 10.1 Å². The van der Waals surface area contributed by atoms with Crippen LogP contribution in [0.25, 0.3) is 22.2 Å². The second-order valence-electron chi connectivity index (χ2n) is 7.48. The molecule has 0 amide bonds. The van der Waals surface area contributed by atoms with Gasteiger partial charge in [0.1, 0.15) is 11.6 Å². The fourth-order valence-electron chi connectivity index (χ4n) is 3.84. The van der Waals surface area contributed by atoms with Crippen molar-refractivity contribution < 1.29 is 9.13 Å². The van der Waals surface area contributed by atoms with Crippen LogP contribution in [0.5, 0.6) is 5.75 Å². The highest BCUT2D eigenvalue weighted by atomic mass is 32.1. The Hall–Kier alpha value is -3.64. The summed E-state index contributed by atoms with van der Waals surface area (Å²) in [6.45, 7) is 0.751. The minimum absolute atomic E-state index is 0.233. The number of aromatic amines is 1. The maximum Gasteiger partial charge on any atom is 0.190 e. The zero-order chi connectivity index (χ0) is 21.9. The lowest BCUT2D eigenvalue weighted by atomic mass is 10.1. The number of H-pyrrole nitrogens is 1. The molecule has 5 aromatic rings. The summed E-state index contributed by atoms with van der Waals surface area (Å²) in [6.07, 6.45) is 2.77. The highest BCUT2D eigenvalue weighted by Gasteiger charge is 2.11. The number of aromatic nitrogens is 2. The van der Waals surface area contributed by atoms with Crippen molar-refractivity contribution in [2.24, 2.45) is 4.99 Å². The Morgan fingerprint density at radius 1 is 1.03 bits per heavy atom. The standard InChI is InChI=1S/C26H22FN3OS/c1-31-22-10-7-18(8-11-22)25-17-32-26(29-21-5-3-2-4-6-21)30(25)14-13-19-16-28-24-15-20(27)9-12-23(19)24/h2-12,15-17,28H,13-14H2,1H3. The smallest absolute Gasteiger partial charge is 0.190 e. The summed E-state index contributed by atoms with van der Waals surface area (Å²) < 4.78 is 21.1. The van der Waals surface area contributed by atoms with E-state index in [-0.39, 0.29) is 5.82 Å². The van der Waals surface area contributed by atoms with Gasteiger partial charge in [-0.2, -0.15) is 0 Å². The zero-order valence-electron chi connectivity index (χ0n) is 17.6. The normalized spacial score (nSPS) is 11.9. The third kappa shape index (κ3) is 4.09. The van der Waals surface area contributed by atoms with Crippen molar-refractivity contribution in [1.82, 2.24) is 9.55 Å². The Kier molecular flexibility index (Phi) is 5.60. The summed E-state index contributed by atoms with van der Waals surface area (Å²) in [5, 5.41) is 3.20. The van der Waals surface area contributed by atoms with Crippen LogP contribution in [0.15, 0.2) is 89.4 Å².